The number of rotatable bonds is 3. The number of hydrogen-bond donors (Lipinski definition) is 1. The van der Waals surface area contributed by atoms with Gasteiger partial charge in [-0.3, -0.25) is 10.1 Å². The van der Waals surface area contributed by atoms with E-state index in [4.69, 9.17) is 11.6 Å². The SMILES string of the molecule is Cc1ccc(N=Nc2ccc(Cl)cc2[N+](=O)[O-])c(O)c1C(C)(C)C. The van der Waals surface area contributed by atoms with Crippen molar-refractivity contribution in [2.45, 2.75) is 33.1 Å². The van der Waals surface area contributed by atoms with Crippen molar-refractivity contribution in [3.05, 3.63) is 56.6 Å². The number of halogens is 1. The van der Waals surface area contributed by atoms with Gasteiger partial charge in [0.1, 0.15) is 11.4 Å². The second kappa shape index (κ2) is 6.57. The van der Waals surface area contributed by atoms with E-state index in [9.17, 15) is 15.2 Å². The van der Waals surface area contributed by atoms with Crippen molar-refractivity contribution in [3.63, 3.8) is 0 Å². The summed E-state index contributed by atoms with van der Waals surface area (Å²) in [7, 11) is 0. The fourth-order valence-electron chi connectivity index (χ4n) is 2.54. The molecule has 6 nitrogen and oxygen atoms in total. The zero-order valence-electron chi connectivity index (χ0n) is 13.9. The molecule has 0 aliphatic heterocycles. The first-order valence-corrected chi connectivity index (χ1v) is 7.68. The molecule has 2 aromatic rings. The zero-order valence-corrected chi connectivity index (χ0v) is 14.6. The fraction of sp³-hybridized carbons (Fsp3) is 0.294. The Hall–Kier alpha value is -2.47. The molecule has 0 aliphatic carbocycles. The molecule has 24 heavy (non-hydrogen) atoms. The van der Waals surface area contributed by atoms with Crippen LogP contribution in [0, 0.1) is 17.0 Å². The van der Waals surface area contributed by atoms with Crippen LogP contribution in [0.2, 0.25) is 5.02 Å². The molecule has 2 rings (SSSR count). The van der Waals surface area contributed by atoms with E-state index < -0.39 is 4.92 Å². The van der Waals surface area contributed by atoms with Crippen LogP contribution in [0.4, 0.5) is 17.1 Å². The molecule has 0 saturated heterocycles. The molecule has 126 valence electrons. The van der Waals surface area contributed by atoms with Gasteiger partial charge in [0.15, 0.2) is 5.69 Å². The summed E-state index contributed by atoms with van der Waals surface area (Å²) in [5, 5.41) is 29.7. The number of benzene rings is 2. The molecule has 0 spiro atoms. The van der Waals surface area contributed by atoms with E-state index in [0.717, 1.165) is 11.1 Å². The summed E-state index contributed by atoms with van der Waals surface area (Å²) < 4.78 is 0. The highest BCUT2D eigenvalue weighted by Gasteiger charge is 2.23. The summed E-state index contributed by atoms with van der Waals surface area (Å²) in [6.45, 7) is 7.87. The Labute approximate surface area is 145 Å². The molecule has 0 amide bonds. The Morgan fingerprint density at radius 2 is 1.71 bits per heavy atom. The number of nitrogens with zero attached hydrogens (tertiary/aromatic N) is 3. The van der Waals surface area contributed by atoms with Crippen molar-refractivity contribution in [1.82, 2.24) is 0 Å². The number of aryl methyl sites for hydroxylation is 1. The smallest absolute Gasteiger partial charge is 0.298 e. The Balaban J connectivity index is 2.50. The number of phenols is 1. The largest absolute Gasteiger partial charge is 0.505 e. The maximum absolute atomic E-state index is 11.1. The third kappa shape index (κ3) is 3.71. The Morgan fingerprint density at radius 3 is 2.29 bits per heavy atom. The molecule has 0 saturated carbocycles. The molecule has 0 bridgehead atoms. The second-order valence-electron chi connectivity index (χ2n) is 6.47. The Bertz CT molecular complexity index is 827. The van der Waals surface area contributed by atoms with Gasteiger partial charge in [0.25, 0.3) is 5.69 Å². The predicted octanol–water partition coefficient (Wildman–Crippen LogP) is 5.98. The maximum Gasteiger partial charge on any atom is 0.298 e. The molecule has 2 aromatic carbocycles. The maximum atomic E-state index is 11.1. The summed E-state index contributed by atoms with van der Waals surface area (Å²) in [6, 6.07) is 7.60. The summed E-state index contributed by atoms with van der Waals surface area (Å²) in [4.78, 5) is 10.5. The normalized spacial score (nSPS) is 11.9. The first-order chi connectivity index (χ1) is 11.1. The van der Waals surface area contributed by atoms with E-state index in [-0.39, 0.29) is 33.2 Å². The topological polar surface area (TPSA) is 88.1 Å². The van der Waals surface area contributed by atoms with Crippen molar-refractivity contribution >= 4 is 28.7 Å². The van der Waals surface area contributed by atoms with Crippen LogP contribution < -0.4 is 0 Å². The number of hydrogen-bond acceptors (Lipinski definition) is 5. The average molecular weight is 348 g/mol. The van der Waals surface area contributed by atoms with Gasteiger partial charge in [-0.2, -0.15) is 0 Å². The van der Waals surface area contributed by atoms with Crippen LogP contribution in [0.1, 0.15) is 31.9 Å². The number of aromatic hydroxyl groups is 1. The van der Waals surface area contributed by atoms with Gasteiger partial charge >= 0.3 is 0 Å². The summed E-state index contributed by atoms with van der Waals surface area (Å²) in [5.74, 6) is 0.0304. The standard InChI is InChI=1S/C17H18ClN3O3/c1-10-5-7-13(16(22)15(10)17(2,3)4)20-19-12-8-6-11(18)9-14(12)21(23)24/h5-9,22H,1-4H3. The van der Waals surface area contributed by atoms with Crippen molar-refractivity contribution in [3.8, 4) is 5.75 Å². The van der Waals surface area contributed by atoms with Gasteiger partial charge in [-0.1, -0.05) is 38.4 Å². The molecule has 0 heterocycles. The van der Waals surface area contributed by atoms with E-state index in [2.05, 4.69) is 10.2 Å². The highest BCUT2D eigenvalue weighted by molar-refractivity contribution is 6.30. The van der Waals surface area contributed by atoms with Gasteiger partial charge in [-0.15, -0.1) is 10.2 Å². The molecule has 1 N–H and O–H groups in total. The minimum Gasteiger partial charge on any atom is -0.505 e. The van der Waals surface area contributed by atoms with Crippen LogP contribution in [0.25, 0.3) is 0 Å². The van der Waals surface area contributed by atoms with Gasteiger partial charge in [0.05, 0.1) is 4.92 Å². The van der Waals surface area contributed by atoms with Crippen molar-refractivity contribution in [1.29, 1.82) is 0 Å². The zero-order chi connectivity index (χ0) is 18.1. The molecule has 0 radical (unpaired) electrons. The first kappa shape index (κ1) is 17.9. The molecule has 0 unspecified atom stereocenters. The van der Waals surface area contributed by atoms with Gasteiger partial charge in [0, 0.05) is 16.7 Å². The molecule has 0 atom stereocenters. The molecule has 7 heteroatoms. The summed E-state index contributed by atoms with van der Waals surface area (Å²) in [5.41, 5.74) is 1.53. The highest BCUT2D eigenvalue weighted by atomic mass is 35.5. The molecule has 0 aromatic heterocycles. The van der Waals surface area contributed by atoms with Gasteiger partial charge in [-0.25, -0.2) is 0 Å². The van der Waals surface area contributed by atoms with Crippen LogP contribution in [0.15, 0.2) is 40.6 Å². The van der Waals surface area contributed by atoms with Crippen LogP contribution in [-0.2, 0) is 5.41 Å². The van der Waals surface area contributed by atoms with E-state index in [1.807, 2.05) is 33.8 Å². The number of azo groups is 1. The minimum atomic E-state index is -0.574. The second-order valence-corrected chi connectivity index (χ2v) is 6.90. The van der Waals surface area contributed by atoms with Crippen molar-refractivity contribution in [2.24, 2.45) is 10.2 Å². The van der Waals surface area contributed by atoms with Crippen LogP contribution in [0.5, 0.6) is 5.75 Å². The number of nitro groups is 1. The van der Waals surface area contributed by atoms with Crippen LogP contribution in [-0.4, -0.2) is 10.0 Å². The van der Waals surface area contributed by atoms with E-state index in [1.165, 1.54) is 18.2 Å². The summed E-state index contributed by atoms with van der Waals surface area (Å²) in [6.07, 6.45) is 0. The lowest BCUT2D eigenvalue weighted by Gasteiger charge is -2.23. The predicted molar refractivity (Wildman–Crippen MR) is 93.8 cm³/mol. The number of nitro benzene ring substituents is 1. The van der Waals surface area contributed by atoms with Crippen molar-refractivity contribution in [2.75, 3.05) is 0 Å². The Kier molecular flexibility index (Phi) is 4.89. The van der Waals surface area contributed by atoms with E-state index >= 15 is 0 Å². The lowest BCUT2D eigenvalue weighted by Crippen LogP contribution is -2.13. The monoisotopic (exact) mass is 347 g/mol. The molecular weight excluding hydrogens is 330 g/mol. The lowest BCUT2D eigenvalue weighted by atomic mass is 9.83. The minimum absolute atomic E-state index is 0.0304. The van der Waals surface area contributed by atoms with E-state index in [0.29, 0.717) is 0 Å². The highest BCUT2D eigenvalue weighted by Crippen LogP contribution is 2.41. The lowest BCUT2D eigenvalue weighted by molar-refractivity contribution is -0.384. The van der Waals surface area contributed by atoms with Crippen LogP contribution in [0.3, 0.4) is 0 Å². The Morgan fingerprint density at radius 1 is 1.12 bits per heavy atom. The first-order valence-electron chi connectivity index (χ1n) is 7.30. The van der Waals surface area contributed by atoms with Crippen LogP contribution >= 0.6 is 11.6 Å². The molecule has 0 aliphatic rings. The molecular formula is C17H18ClN3O3. The average Bonchev–Trinajstić information content (AvgIpc) is 2.46. The van der Waals surface area contributed by atoms with E-state index in [1.54, 1.807) is 6.07 Å². The van der Waals surface area contributed by atoms with Gasteiger partial charge < -0.3 is 5.11 Å². The summed E-state index contributed by atoms with van der Waals surface area (Å²) >= 11 is 5.77. The third-order valence-corrected chi connectivity index (χ3v) is 3.75. The van der Waals surface area contributed by atoms with Gasteiger partial charge in [0.2, 0.25) is 0 Å². The number of phenolic OH excluding ortho intramolecular Hbond substituents is 1. The quantitative estimate of drug-likeness (QED) is 0.421. The van der Waals surface area contributed by atoms with Crippen molar-refractivity contribution < 1.29 is 10.0 Å². The fourth-order valence-corrected chi connectivity index (χ4v) is 2.71. The van der Waals surface area contributed by atoms with Gasteiger partial charge in [-0.05, 0) is 36.1 Å². The third-order valence-electron chi connectivity index (χ3n) is 3.51. The molecule has 0 fully saturated rings.